The van der Waals surface area contributed by atoms with Gasteiger partial charge in [0.05, 0.1) is 0 Å². The van der Waals surface area contributed by atoms with Gasteiger partial charge < -0.3 is 5.32 Å². The van der Waals surface area contributed by atoms with E-state index in [1.165, 1.54) is 0 Å². The number of carbonyl (C=O) groups excluding carboxylic acids is 1. The molecule has 0 spiro atoms. The molecule has 1 aromatic carbocycles. The zero-order valence-corrected chi connectivity index (χ0v) is 12.8. The minimum atomic E-state index is -0.853. The van der Waals surface area contributed by atoms with Crippen LogP contribution in [0.15, 0.2) is 16.6 Å². The van der Waals surface area contributed by atoms with E-state index in [0.29, 0.717) is 6.54 Å². The summed E-state index contributed by atoms with van der Waals surface area (Å²) in [4.78, 5) is 11.9. The van der Waals surface area contributed by atoms with Crippen LogP contribution in [-0.2, 0) is 0 Å². The minimum absolute atomic E-state index is 0.0298. The lowest BCUT2D eigenvalue weighted by Gasteiger charge is -2.23. The van der Waals surface area contributed by atoms with Gasteiger partial charge in [-0.1, -0.05) is 15.9 Å². The van der Waals surface area contributed by atoms with Crippen molar-refractivity contribution in [2.24, 2.45) is 0 Å². The van der Waals surface area contributed by atoms with Crippen LogP contribution in [-0.4, -0.2) is 23.0 Å². The van der Waals surface area contributed by atoms with E-state index in [2.05, 4.69) is 28.2 Å². The van der Waals surface area contributed by atoms with Gasteiger partial charge in [-0.15, -0.1) is 0 Å². The van der Waals surface area contributed by atoms with Gasteiger partial charge in [-0.25, -0.2) is 8.78 Å². The fourth-order valence-electron chi connectivity index (χ4n) is 2.09. The molecule has 19 heavy (non-hydrogen) atoms. The highest BCUT2D eigenvalue weighted by atomic mass is 79.9. The molecule has 1 saturated heterocycles. The van der Waals surface area contributed by atoms with Gasteiger partial charge >= 0.3 is 0 Å². The highest BCUT2D eigenvalue weighted by molar-refractivity contribution is 9.10. The first-order valence-electron chi connectivity index (χ1n) is 5.98. The maximum Gasteiger partial charge on any atom is 0.257 e. The van der Waals surface area contributed by atoms with Crippen LogP contribution in [0.2, 0.25) is 0 Å². The molecule has 1 heterocycles. The molecular weight excluding hydrogens is 336 g/mol. The van der Waals surface area contributed by atoms with Crippen molar-refractivity contribution in [3.8, 4) is 0 Å². The molecule has 0 aromatic heterocycles. The first kappa shape index (κ1) is 14.8. The lowest BCUT2D eigenvalue weighted by molar-refractivity contribution is 0.0941. The number of hydrogen-bond acceptors (Lipinski definition) is 2. The van der Waals surface area contributed by atoms with Gasteiger partial charge in [-0.05, 0) is 37.7 Å². The van der Waals surface area contributed by atoms with Crippen LogP contribution in [0.3, 0.4) is 0 Å². The second-order valence-corrected chi connectivity index (χ2v) is 7.43. The number of nitrogens with one attached hydrogen (secondary N) is 1. The Morgan fingerprint density at radius 1 is 1.47 bits per heavy atom. The molecule has 1 atom stereocenters. The third kappa shape index (κ3) is 3.48. The Labute approximate surface area is 123 Å². The van der Waals surface area contributed by atoms with Crippen molar-refractivity contribution in [1.82, 2.24) is 5.32 Å². The number of halogens is 3. The summed E-state index contributed by atoms with van der Waals surface area (Å²) in [5.74, 6) is -1.34. The highest BCUT2D eigenvalue weighted by Gasteiger charge is 2.30. The molecule has 0 radical (unpaired) electrons. The standard InChI is InChI=1S/C13H14BrF2NOS/c1-13(3-2-4-19-13)7-17-12(18)11-9(15)5-8(14)6-10(11)16/h5-6H,2-4,7H2,1H3,(H,17,18). The summed E-state index contributed by atoms with van der Waals surface area (Å²) in [6.45, 7) is 2.48. The van der Waals surface area contributed by atoms with Crippen LogP contribution < -0.4 is 5.32 Å². The van der Waals surface area contributed by atoms with E-state index in [1.807, 2.05) is 0 Å². The SMILES string of the molecule is CC1(CNC(=O)c2c(F)cc(Br)cc2F)CCCS1. The summed E-state index contributed by atoms with van der Waals surface area (Å²) in [5.41, 5.74) is -0.519. The van der Waals surface area contributed by atoms with Crippen molar-refractivity contribution < 1.29 is 13.6 Å². The lowest BCUT2D eigenvalue weighted by atomic mass is 10.1. The first-order chi connectivity index (χ1) is 8.91. The molecule has 6 heteroatoms. The maximum absolute atomic E-state index is 13.6. The molecule has 2 rings (SSSR count). The number of rotatable bonds is 3. The van der Waals surface area contributed by atoms with Crippen molar-refractivity contribution in [1.29, 1.82) is 0 Å². The van der Waals surface area contributed by atoms with E-state index in [-0.39, 0.29) is 9.22 Å². The van der Waals surface area contributed by atoms with Gasteiger partial charge in [0.1, 0.15) is 17.2 Å². The van der Waals surface area contributed by atoms with Crippen LogP contribution in [0.1, 0.15) is 30.1 Å². The van der Waals surface area contributed by atoms with Crippen molar-refractivity contribution >= 4 is 33.6 Å². The van der Waals surface area contributed by atoms with E-state index < -0.39 is 23.1 Å². The van der Waals surface area contributed by atoms with Crippen LogP contribution >= 0.6 is 27.7 Å². The van der Waals surface area contributed by atoms with Crippen LogP contribution in [0, 0.1) is 11.6 Å². The molecule has 0 aliphatic carbocycles. The van der Waals surface area contributed by atoms with Gasteiger partial charge in [0.25, 0.3) is 5.91 Å². The summed E-state index contributed by atoms with van der Waals surface area (Å²) in [6.07, 6.45) is 2.11. The summed E-state index contributed by atoms with van der Waals surface area (Å²) < 4.78 is 27.5. The fourth-order valence-corrected chi connectivity index (χ4v) is 3.74. The van der Waals surface area contributed by atoms with Crippen LogP contribution in [0.25, 0.3) is 0 Å². The van der Waals surface area contributed by atoms with Crippen LogP contribution in [0.5, 0.6) is 0 Å². The van der Waals surface area contributed by atoms with E-state index in [1.54, 1.807) is 11.8 Å². The molecule has 1 unspecified atom stereocenters. The van der Waals surface area contributed by atoms with Gasteiger partial charge in [-0.3, -0.25) is 4.79 Å². The first-order valence-corrected chi connectivity index (χ1v) is 7.76. The van der Waals surface area contributed by atoms with Gasteiger partial charge in [0.15, 0.2) is 0 Å². The summed E-state index contributed by atoms with van der Waals surface area (Å²) in [6, 6.07) is 2.17. The third-order valence-electron chi connectivity index (χ3n) is 3.16. The second kappa shape index (κ2) is 5.79. The van der Waals surface area contributed by atoms with E-state index >= 15 is 0 Å². The molecule has 1 aromatic rings. The van der Waals surface area contributed by atoms with Crippen molar-refractivity contribution in [2.75, 3.05) is 12.3 Å². The number of thioether (sulfide) groups is 1. The van der Waals surface area contributed by atoms with Gasteiger partial charge in [0, 0.05) is 15.8 Å². The number of benzene rings is 1. The predicted molar refractivity (Wildman–Crippen MR) is 76.5 cm³/mol. The quantitative estimate of drug-likeness (QED) is 0.900. The molecule has 0 saturated carbocycles. The largest absolute Gasteiger partial charge is 0.350 e. The molecule has 1 aliphatic heterocycles. The van der Waals surface area contributed by atoms with Gasteiger partial charge in [-0.2, -0.15) is 11.8 Å². The minimum Gasteiger partial charge on any atom is -0.350 e. The average molecular weight is 350 g/mol. The molecule has 104 valence electrons. The van der Waals surface area contributed by atoms with Gasteiger partial charge in [0.2, 0.25) is 0 Å². The predicted octanol–water partition coefficient (Wildman–Crippen LogP) is 3.74. The zero-order valence-electron chi connectivity index (χ0n) is 10.4. The Hall–Kier alpha value is -0.620. The number of hydrogen-bond donors (Lipinski definition) is 1. The summed E-state index contributed by atoms with van der Waals surface area (Å²) in [7, 11) is 0. The summed E-state index contributed by atoms with van der Waals surface area (Å²) in [5, 5.41) is 2.63. The zero-order chi connectivity index (χ0) is 14.0. The average Bonchev–Trinajstić information content (AvgIpc) is 2.73. The lowest BCUT2D eigenvalue weighted by Crippen LogP contribution is -2.37. The Morgan fingerprint density at radius 2 is 2.11 bits per heavy atom. The molecule has 2 nitrogen and oxygen atoms in total. The molecule has 1 fully saturated rings. The normalized spacial score (nSPS) is 22.5. The molecule has 1 aliphatic rings. The van der Waals surface area contributed by atoms with Crippen molar-refractivity contribution in [3.63, 3.8) is 0 Å². The van der Waals surface area contributed by atoms with E-state index in [0.717, 1.165) is 30.7 Å². The summed E-state index contributed by atoms with van der Waals surface area (Å²) >= 11 is 4.77. The van der Waals surface area contributed by atoms with E-state index in [4.69, 9.17) is 0 Å². The smallest absolute Gasteiger partial charge is 0.257 e. The Balaban J connectivity index is 2.08. The van der Waals surface area contributed by atoms with Crippen molar-refractivity contribution in [3.05, 3.63) is 33.8 Å². The number of amides is 1. The fraction of sp³-hybridized carbons (Fsp3) is 0.462. The molecular formula is C13H14BrF2NOS. The topological polar surface area (TPSA) is 29.1 Å². The molecule has 1 N–H and O–H groups in total. The Kier molecular flexibility index (Phi) is 4.50. The van der Waals surface area contributed by atoms with E-state index in [9.17, 15) is 13.6 Å². The Bertz CT molecular complexity index is 480. The Morgan fingerprint density at radius 3 is 2.63 bits per heavy atom. The van der Waals surface area contributed by atoms with Crippen LogP contribution in [0.4, 0.5) is 8.78 Å². The molecule has 1 amide bonds. The highest BCUT2D eigenvalue weighted by Crippen LogP contribution is 2.37. The van der Waals surface area contributed by atoms with Crippen molar-refractivity contribution in [2.45, 2.75) is 24.5 Å². The maximum atomic E-state index is 13.6. The third-order valence-corrected chi connectivity index (χ3v) is 5.15. The second-order valence-electron chi connectivity index (χ2n) is 4.83. The molecule has 0 bridgehead atoms. The monoisotopic (exact) mass is 349 g/mol. The number of carbonyl (C=O) groups is 1.